The molecule has 1 N–H and O–H groups in total. The van der Waals surface area contributed by atoms with Gasteiger partial charge in [-0.3, -0.25) is 0 Å². The fourth-order valence-electron chi connectivity index (χ4n) is 2.36. The number of hydrogen-bond acceptors (Lipinski definition) is 2. The Morgan fingerprint density at radius 3 is 2.61 bits per heavy atom. The van der Waals surface area contributed by atoms with Gasteiger partial charge >= 0.3 is 0 Å². The van der Waals surface area contributed by atoms with Crippen LogP contribution >= 0.6 is 11.6 Å². The third-order valence-electron chi connectivity index (χ3n) is 3.41. The molecule has 1 aromatic carbocycles. The summed E-state index contributed by atoms with van der Waals surface area (Å²) in [6.07, 6.45) is 1.01. The van der Waals surface area contributed by atoms with Crippen LogP contribution in [0.15, 0.2) is 16.5 Å². The summed E-state index contributed by atoms with van der Waals surface area (Å²) >= 11 is 6.28. The zero-order valence-electron chi connectivity index (χ0n) is 11.4. The van der Waals surface area contributed by atoms with Crippen LogP contribution in [0.5, 0.6) is 0 Å². The van der Waals surface area contributed by atoms with Crippen molar-refractivity contribution in [3.05, 3.63) is 34.0 Å². The van der Waals surface area contributed by atoms with Gasteiger partial charge in [0.15, 0.2) is 0 Å². The SMILES string of the molecule is CCNC(CC)c1cc2c(C)c(Cl)c(C)cc2o1. The predicted octanol–water partition coefficient (Wildman–Crippen LogP) is 4.76. The monoisotopic (exact) mass is 265 g/mol. The maximum Gasteiger partial charge on any atom is 0.135 e. The van der Waals surface area contributed by atoms with E-state index in [0.717, 1.165) is 45.8 Å². The predicted molar refractivity (Wildman–Crippen MR) is 77.4 cm³/mol. The van der Waals surface area contributed by atoms with E-state index in [4.69, 9.17) is 16.0 Å². The smallest absolute Gasteiger partial charge is 0.135 e. The molecule has 0 fully saturated rings. The molecule has 98 valence electrons. The lowest BCUT2D eigenvalue weighted by molar-refractivity contribution is 0.428. The van der Waals surface area contributed by atoms with Gasteiger partial charge in [0.25, 0.3) is 0 Å². The molecule has 0 aliphatic rings. The molecular weight excluding hydrogens is 246 g/mol. The van der Waals surface area contributed by atoms with Crippen LogP contribution in [0, 0.1) is 13.8 Å². The van der Waals surface area contributed by atoms with Crippen molar-refractivity contribution in [3.8, 4) is 0 Å². The van der Waals surface area contributed by atoms with Crippen LogP contribution in [0.4, 0.5) is 0 Å². The third kappa shape index (κ3) is 2.27. The van der Waals surface area contributed by atoms with Gasteiger partial charge in [0.1, 0.15) is 11.3 Å². The van der Waals surface area contributed by atoms with Crippen molar-refractivity contribution in [1.29, 1.82) is 0 Å². The largest absolute Gasteiger partial charge is 0.459 e. The van der Waals surface area contributed by atoms with Gasteiger partial charge in [0.2, 0.25) is 0 Å². The van der Waals surface area contributed by atoms with E-state index < -0.39 is 0 Å². The van der Waals surface area contributed by atoms with Crippen LogP contribution < -0.4 is 5.32 Å². The fraction of sp³-hybridized carbons (Fsp3) is 0.467. The van der Waals surface area contributed by atoms with Crippen molar-refractivity contribution in [1.82, 2.24) is 5.32 Å². The van der Waals surface area contributed by atoms with E-state index in [0.29, 0.717) is 0 Å². The molecular formula is C15H20ClNO. The Balaban J connectivity index is 2.53. The van der Waals surface area contributed by atoms with Gasteiger partial charge in [-0.1, -0.05) is 25.4 Å². The van der Waals surface area contributed by atoms with Gasteiger partial charge in [0, 0.05) is 10.4 Å². The normalized spacial score (nSPS) is 13.2. The van der Waals surface area contributed by atoms with Gasteiger partial charge < -0.3 is 9.73 Å². The van der Waals surface area contributed by atoms with Crippen molar-refractivity contribution in [3.63, 3.8) is 0 Å². The summed E-state index contributed by atoms with van der Waals surface area (Å²) in [5.74, 6) is 0.999. The van der Waals surface area contributed by atoms with Gasteiger partial charge in [0.05, 0.1) is 6.04 Å². The molecule has 18 heavy (non-hydrogen) atoms. The summed E-state index contributed by atoms with van der Waals surface area (Å²) in [4.78, 5) is 0. The van der Waals surface area contributed by atoms with Crippen LogP contribution in [0.2, 0.25) is 5.02 Å². The van der Waals surface area contributed by atoms with E-state index in [-0.39, 0.29) is 6.04 Å². The Morgan fingerprint density at radius 1 is 1.28 bits per heavy atom. The second-order valence-corrected chi connectivity index (χ2v) is 5.09. The highest BCUT2D eigenvalue weighted by Gasteiger charge is 2.16. The van der Waals surface area contributed by atoms with Crippen LogP contribution in [0.25, 0.3) is 11.0 Å². The molecule has 0 radical (unpaired) electrons. The molecule has 1 atom stereocenters. The maximum atomic E-state index is 6.28. The lowest BCUT2D eigenvalue weighted by atomic mass is 10.1. The van der Waals surface area contributed by atoms with E-state index in [2.05, 4.69) is 25.2 Å². The first kappa shape index (κ1) is 13.4. The average molecular weight is 266 g/mol. The number of rotatable bonds is 4. The first-order chi connectivity index (χ1) is 8.58. The second-order valence-electron chi connectivity index (χ2n) is 4.71. The van der Waals surface area contributed by atoms with Crippen molar-refractivity contribution < 1.29 is 4.42 Å². The number of nitrogens with one attached hydrogen (secondary N) is 1. The molecule has 0 saturated carbocycles. The first-order valence-corrected chi connectivity index (χ1v) is 6.88. The third-order valence-corrected chi connectivity index (χ3v) is 3.99. The number of benzene rings is 1. The number of furan rings is 1. The molecule has 1 aromatic heterocycles. The minimum absolute atomic E-state index is 0.279. The molecule has 0 spiro atoms. The van der Waals surface area contributed by atoms with E-state index in [9.17, 15) is 0 Å². The fourth-order valence-corrected chi connectivity index (χ4v) is 2.52. The minimum Gasteiger partial charge on any atom is -0.459 e. The van der Waals surface area contributed by atoms with Crippen molar-refractivity contribution >= 4 is 22.6 Å². The zero-order chi connectivity index (χ0) is 13.3. The lowest BCUT2D eigenvalue weighted by Gasteiger charge is -2.11. The Kier molecular flexibility index (Phi) is 3.98. The molecule has 0 saturated heterocycles. The van der Waals surface area contributed by atoms with Crippen LogP contribution in [0.3, 0.4) is 0 Å². The Hall–Kier alpha value is -0.990. The van der Waals surface area contributed by atoms with Crippen molar-refractivity contribution in [2.24, 2.45) is 0 Å². The minimum atomic E-state index is 0.279. The molecule has 0 aliphatic heterocycles. The van der Waals surface area contributed by atoms with Crippen LogP contribution in [-0.4, -0.2) is 6.54 Å². The van der Waals surface area contributed by atoms with Gasteiger partial charge in [-0.05, 0) is 50.1 Å². The van der Waals surface area contributed by atoms with Gasteiger partial charge in [-0.25, -0.2) is 0 Å². The van der Waals surface area contributed by atoms with E-state index >= 15 is 0 Å². The number of halogens is 1. The van der Waals surface area contributed by atoms with Crippen LogP contribution in [0.1, 0.15) is 43.2 Å². The summed E-state index contributed by atoms with van der Waals surface area (Å²) < 4.78 is 5.97. The van der Waals surface area contributed by atoms with Crippen LogP contribution in [-0.2, 0) is 0 Å². The summed E-state index contributed by atoms with van der Waals surface area (Å²) in [6, 6.07) is 4.42. The van der Waals surface area contributed by atoms with Gasteiger partial charge in [-0.15, -0.1) is 0 Å². The molecule has 2 rings (SSSR count). The zero-order valence-corrected chi connectivity index (χ0v) is 12.2. The Morgan fingerprint density at radius 2 is 2.00 bits per heavy atom. The van der Waals surface area contributed by atoms with Crippen molar-refractivity contribution in [2.75, 3.05) is 6.54 Å². The quantitative estimate of drug-likeness (QED) is 0.862. The highest BCUT2D eigenvalue weighted by molar-refractivity contribution is 6.33. The van der Waals surface area contributed by atoms with E-state index in [1.54, 1.807) is 0 Å². The summed E-state index contributed by atoms with van der Waals surface area (Å²) in [5.41, 5.74) is 3.10. The highest BCUT2D eigenvalue weighted by Crippen LogP contribution is 2.33. The standard InChI is InChI=1S/C15H20ClNO/c1-5-12(17-6-2)14-8-11-10(4)15(16)9(3)7-13(11)18-14/h7-8,12,17H,5-6H2,1-4H3. The molecule has 1 heterocycles. The number of hydrogen-bond donors (Lipinski definition) is 1. The van der Waals surface area contributed by atoms with Gasteiger partial charge in [-0.2, -0.15) is 0 Å². The van der Waals surface area contributed by atoms with E-state index in [1.807, 2.05) is 19.9 Å². The van der Waals surface area contributed by atoms with E-state index in [1.165, 1.54) is 0 Å². The number of aryl methyl sites for hydroxylation is 2. The number of fused-ring (bicyclic) bond motifs is 1. The molecule has 0 bridgehead atoms. The lowest BCUT2D eigenvalue weighted by Crippen LogP contribution is -2.19. The molecule has 2 aromatic rings. The summed E-state index contributed by atoms with van der Waals surface area (Å²) in [6.45, 7) is 9.27. The Bertz CT molecular complexity index is 559. The highest BCUT2D eigenvalue weighted by atomic mass is 35.5. The molecule has 0 aliphatic carbocycles. The Labute approximate surface area is 113 Å². The molecule has 3 heteroatoms. The summed E-state index contributed by atoms with van der Waals surface area (Å²) in [7, 11) is 0. The molecule has 2 nitrogen and oxygen atoms in total. The maximum absolute atomic E-state index is 6.28. The molecule has 0 amide bonds. The first-order valence-electron chi connectivity index (χ1n) is 6.51. The molecule has 1 unspecified atom stereocenters. The second kappa shape index (κ2) is 5.33. The topological polar surface area (TPSA) is 25.2 Å². The van der Waals surface area contributed by atoms with Crippen molar-refractivity contribution in [2.45, 2.75) is 40.2 Å². The summed E-state index contributed by atoms with van der Waals surface area (Å²) in [5, 5.41) is 5.39. The average Bonchev–Trinajstić information content (AvgIpc) is 2.77.